The van der Waals surface area contributed by atoms with Crippen LogP contribution < -0.4 is 0 Å². The third-order valence-corrected chi connectivity index (χ3v) is 22.5. The first-order chi connectivity index (χ1) is 27.2. The number of esters is 2. The highest BCUT2D eigenvalue weighted by atomic mass is 28.4. The van der Waals surface area contributed by atoms with Gasteiger partial charge in [0.1, 0.15) is 17.8 Å². The number of ether oxygens (including phenoxy) is 5. The fraction of sp³-hybridized carbons (Fsp3) is 0.826. The molecular formula is C46H84O10Si2. The summed E-state index contributed by atoms with van der Waals surface area (Å²) in [5, 5.41) is 11.5. The molecule has 10 nitrogen and oxygen atoms in total. The largest absolute Gasteiger partial charge is 0.457 e. The first-order valence-electron chi connectivity index (χ1n) is 22.7. The lowest BCUT2D eigenvalue weighted by Gasteiger charge is -2.40. The van der Waals surface area contributed by atoms with Crippen molar-refractivity contribution in [1.29, 1.82) is 0 Å². The summed E-state index contributed by atoms with van der Waals surface area (Å²) < 4.78 is 44.6. The van der Waals surface area contributed by atoms with Gasteiger partial charge in [-0.15, -0.1) is 0 Å². The van der Waals surface area contributed by atoms with E-state index in [1.165, 1.54) is 6.92 Å². The number of epoxide rings is 1. The molecule has 58 heavy (non-hydrogen) atoms. The van der Waals surface area contributed by atoms with Crippen molar-refractivity contribution in [3.63, 3.8) is 0 Å². The first kappa shape index (κ1) is 52.5. The molecule has 0 aromatic carbocycles. The molecule has 2 heterocycles. The van der Waals surface area contributed by atoms with Crippen LogP contribution in [-0.4, -0.2) is 94.4 Å². The number of carbonyl (C=O) groups is 2. The minimum atomic E-state index is -2.12. The average molecular weight is 853 g/mol. The average Bonchev–Trinajstić information content (AvgIpc) is 3.94. The molecule has 0 unspecified atom stereocenters. The Bertz CT molecular complexity index is 1320. The number of carbonyl (C=O) groups excluding carboxylic acids is 2. The van der Waals surface area contributed by atoms with Crippen molar-refractivity contribution in [3.05, 3.63) is 36.0 Å². The van der Waals surface area contributed by atoms with Crippen molar-refractivity contribution in [2.24, 2.45) is 11.8 Å². The normalized spacial score (nSPS) is 29.7. The van der Waals surface area contributed by atoms with Crippen molar-refractivity contribution < 1.29 is 47.2 Å². The molecule has 0 saturated carbocycles. The van der Waals surface area contributed by atoms with Gasteiger partial charge in [0.25, 0.3) is 0 Å². The van der Waals surface area contributed by atoms with Crippen LogP contribution in [0.15, 0.2) is 36.0 Å². The fourth-order valence-corrected chi connectivity index (χ4v) is 14.6. The molecule has 0 radical (unpaired) electrons. The van der Waals surface area contributed by atoms with Crippen molar-refractivity contribution in [2.45, 2.75) is 226 Å². The Hall–Kier alpha value is -1.65. The molecule has 0 aromatic rings. The van der Waals surface area contributed by atoms with Crippen LogP contribution in [0.1, 0.15) is 136 Å². The number of rotatable bonds is 23. The second-order valence-corrected chi connectivity index (χ2v) is 26.9. The summed E-state index contributed by atoms with van der Waals surface area (Å²) in [5.41, 5.74) is -1.27. The van der Waals surface area contributed by atoms with Gasteiger partial charge in [-0.2, -0.15) is 0 Å². The van der Waals surface area contributed by atoms with Gasteiger partial charge in [-0.3, -0.25) is 9.59 Å². The molecule has 0 spiro atoms. The molecule has 1 N–H and O–H groups in total. The van der Waals surface area contributed by atoms with Crippen LogP contribution in [0.4, 0.5) is 0 Å². The highest BCUT2D eigenvalue weighted by Gasteiger charge is 2.49. The Morgan fingerprint density at radius 3 is 2.14 bits per heavy atom. The van der Waals surface area contributed by atoms with E-state index in [-0.39, 0.29) is 42.5 Å². The number of aliphatic hydroxyl groups is 1. The predicted octanol–water partition coefficient (Wildman–Crippen LogP) is 10.6. The van der Waals surface area contributed by atoms with E-state index in [4.69, 9.17) is 32.5 Å². The van der Waals surface area contributed by atoms with E-state index in [0.717, 1.165) is 48.3 Å². The lowest BCUT2D eigenvalue weighted by molar-refractivity contribution is -0.227. The standard InChI is InChI=1S/C46H84O10Si2/c1-16-39(56-58(21-6,22-7)23-8)35(11)44-40(52-44)32-45(14,49)29-24-25-33(9)43-34(10)26-27-41(51-36(12)47)46(15,54-37(13)50-17-2)30-28-38(31-42(48)53-43)55-57(18-3,19-4)20-5/h24-27,29,34-35,37-41,43-44,49H,16-23,28,30-32H2,1-15H3/b27-26-,29-24+,33-25+/t34-,35+,37+,38+,39-,40+,41-,43+,44-,45-,46+/m0/s1. The van der Waals surface area contributed by atoms with Gasteiger partial charge in [-0.25, -0.2) is 0 Å². The predicted molar refractivity (Wildman–Crippen MR) is 239 cm³/mol. The van der Waals surface area contributed by atoms with E-state index < -0.39 is 58.4 Å². The van der Waals surface area contributed by atoms with Crippen LogP contribution >= 0.6 is 0 Å². The Labute approximate surface area is 355 Å². The van der Waals surface area contributed by atoms with E-state index in [0.29, 0.717) is 25.9 Å². The van der Waals surface area contributed by atoms with Gasteiger partial charge in [0, 0.05) is 37.9 Å². The summed E-state index contributed by atoms with van der Waals surface area (Å²) >= 11 is 0. The summed E-state index contributed by atoms with van der Waals surface area (Å²) in [5.74, 6) is -0.799. The molecule has 0 bridgehead atoms. The second kappa shape index (κ2) is 24.1. The van der Waals surface area contributed by atoms with Crippen LogP contribution in [0.3, 0.4) is 0 Å². The maximum Gasteiger partial charge on any atom is 0.308 e. The van der Waals surface area contributed by atoms with Gasteiger partial charge in [0.2, 0.25) is 0 Å². The lowest BCUT2D eigenvalue weighted by Crippen LogP contribution is -2.48. The molecule has 336 valence electrons. The third-order valence-electron chi connectivity index (χ3n) is 13.1. The maximum atomic E-state index is 13.9. The zero-order valence-corrected chi connectivity index (χ0v) is 41.2. The van der Waals surface area contributed by atoms with Crippen LogP contribution in [0.2, 0.25) is 36.3 Å². The lowest BCUT2D eigenvalue weighted by atomic mass is 9.88. The Kier molecular flexibility index (Phi) is 21.8. The topological polar surface area (TPSA) is 122 Å². The first-order valence-corrected chi connectivity index (χ1v) is 27.7. The third kappa shape index (κ3) is 15.7. The van der Waals surface area contributed by atoms with Crippen LogP contribution in [-0.2, 0) is 42.1 Å². The highest BCUT2D eigenvalue weighted by Crippen LogP contribution is 2.40. The van der Waals surface area contributed by atoms with Crippen LogP contribution in [0, 0.1) is 11.8 Å². The molecule has 11 atom stereocenters. The zero-order valence-electron chi connectivity index (χ0n) is 39.2. The Morgan fingerprint density at radius 2 is 1.60 bits per heavy atom. The van der Waals surface area contributed by atoms with Gasteiger partial charge in [-0.05, 0) is 102 Å². The fourth-order valence-electron chi connectivity index (χ4n) is 8.69. The van der Waals surface area contributed by atoms with E-state index in [9.17, 15) is 14.7 Å². The minimum absolute atomic E-state index is 0.0443. The number of hydrogen-bond acceptors (Lipinski definition) is 10. The molecular weight excluding hydrogens is 769 g/mol. The highest BCUT2D eigenvalue weighted by molar-refractivity contribution is 6.74. The van der Waals surface area contributed by atoms with Gasteiger partial charge < -0.3 is 37.6 Å². The Morgan fingerprint density at radius 1 is 1.00 bits per heavy atom. The van der Waals surface area contributed by atoms with Crippen molar-refractivity contribution in [1.82, 2.24) is 0 Å². The molecule has 2 aliphatic rings. The summed E-state index contributed by atoms with van der Waals surface area (Å²) in [6.45, 7) is 31.0. The van der Waals surface area contributed by atoms with E-state index >= 15 is 0 Å². The molecule has 2 aliphatic heterocycles. The van der Waals surface area contributed by atoms with E-state index in [2.05, 4.69) is 55.4 Å². The van der Waals surface area contributed by atoms with Gasteiger partial charge in [0.15, 0.2) is 22.9 Å². The smallest absolute Gasteiger partial charge is 0.308 e. The van der Waals surface area contributed by atoms with Crippen molar-refractivity contribution in [2.75, 3.05) is 6.61 Å². The summed E-state index contributed by atoms with van der Waals surface area (Å²) in [6, 6.07) is 6.17. The summed E-state index contributed by atoms with van der Waals surface area (Å²) in [6.07, 6.45) is 9.67. The molecule has 12 heteroatoms. The second-order valence-electron chi connectivity index (χ2n) is 17.5. The van der Waals surface area contributed by atoms with E-state index in [1.54, 1.807) is 13.0 Å². The maximum absolute atomic E-state index is 13.9. The SMILES string of the molecule is CCO[C@@H](C)O[C@]1(C)CC[C@@H](O[Si](CC)(CC)CC)CC(=O)O[C@H](/C(C)=C/C=C/[C@](C)(O)C[C@H]2O[C@H]2[C@H](C)[C@H](CC)O[Si](CC)(CC)CC)[C@@H](C)/C=C\[C@@H]1OC(C)=O. The summed E-state index contributed by atoms with van der Waals surface area (Å²) in [4.78, 5) is 26.4. The molecule has 1 fully saturated rings. The van der Waals surface area contributed by atoms with E-state index in [1.807, 2.05) is 58.9 Å². The molecule has 0 aliphatic carbocycles. The Balaban J connectivity index is 2.40. The van der Waals surface area contributed by atoms with Crippen molar-refractivity contribution in [3.8, 4) is 0 Å². The summed E-state index contributed by atoms with van der Waals surface area (Å²) in [7, 11) is -3.87. The quantitative estimate of drug-likeness (QED) is 0.0265. The zero-order chi connectivity index (χ0) is 43.9. The molecule has 0 aromatic heterocycles. The van der Waals surface area contributed by atoms with Crippen LogP contribution in [0.25, 0.3) is 0 Å². The van der Waals surface area contributed by atoms with Crippen LogP contribution in [0.5, 0.6) is 0 Å². The minimum Gasteiger partial charge on any atom is -0.457 e. The van der Waals surface area contributed by atoms with Gasteiger partial charge in [0.05, 0.1) is 30.3 Å². The number of hydrogen-bond donors (Lipinski definition) is 1. The van der Waals surface area contributed by atoms with Gasteiger partial charge >= 0.3 is 11.9 Å². The number of allylic oxidation sites excluding steroid dienone is 2. The molecule has 1 saturated heterocycles. The molecule has 0 amide bonds. The monoisotopic (exact) mass is 853 g/mol. The molecule has 2 rings (SSSR count). The van der Waals surface area contributed by atoms with Gasteiger partial charge in [-0.1, -0.05) is 86.6 Å². The number of cyclic esters (lactones) is 1. The van der Waals surface area contributed by atoms with Crippen molar-refractivity contribution >= 4 is 28.6 Å².